The first-order valence-corrected chi connectivity index (χ1v) is 8.30. The number of hydrogen-bond acceptors (Lipinski definition) is 3. The SMILES string of the molecule is CCN(CC1CCCO1)c1ccc(CC(C)N)c(Br)c1. The first-order chi connectivity index (χ1) is 9.60. The van der Waals surface area contributed by atoms with Crippen molar-refractivity contribution < 1.29 is 4.74 Å². The van der Waals surface area contributed by atoms with Crippen molar-refractivity contribution in [1.82, 2.24) is 0 Å². The molecule has 0 aliphatic carbocycles. The topological polar surface area (TPSA) is 38.5 Å². The van der Waals surface area contributed by atoms with E-state index in [0.717, 1.165) is 30.6 Å². The Morgan fingerprint density at radius 1 is 1.50 bits per heavy atom. The molecule has 2 N–H and O–H groups in total. The molecule has 1 heterocycles. The van der Waals surface area contributed by atoms with Crippen molar-refractivity contribution in [2.24, 2.45) is 5.73 Å². The lowest BCUT2D eigenvalue weighted by Crippen LogP contribution is -2.32. The standard InChI is InChI=1S/C16H25BrN2O/c1-3-19(11-15-5-4-8-20-15)14-7-6-13(9-12(2)18)16(17)10-14/h6-7,10,12,15H,3-5,8-9,11,18H2,1-2H3. The highest BCUT2D eigenvalue weighted by Gasteiger charge is 2.19. The van der Waals surface area contributed by atoms with Crippen LogP contribution in [0.5, 0.6) is 0 Å². The van der Waals surface area contributed by atoms with Gasteiger partial charge in [0, 0.05) is 35.9 Å². The molecular weight excluding hydrogens is 316 g/mol. The van der Waals surface area contributed by atoms with Gasteiger partial charge in [-0.1, -0.05) is 22.0 Å². The van der Waals surface area contributed by atoms with E-state index in [9.17, 15) is 0 Å². The average molecular weight is 341 g/mol. The van der Waals surface area contributed by atoms with Crippen molar-refractivity contribution >= 4 is 21.6 Å². The van der Waals surface area contributed by atoms with Crippen molar-refractivity contribution in [3.05, 3.63) is 28.2 Å². The van der Waals surface area contributed by atoms with Gasteiger partial charge in [0.1, 0.15) is 0 Å². The minimum absolute atomic E-state index is 0.186. The maximum atomic E-state index is 5.88. The molecule has 0 radical (unpaired) electrons. The number of likely N-dealkylation sites (N-methyl/N-ethyl adjacent to an activating group) is 1. The van der Waals surface area contributed by atoms with E-state index in [1.807, 2.05) is 6.92 Å². The van der Waals surface area contributed by atoms with Gasteiger partial charge in [0.2, 0.25) is 0 Å². The van der Waals surface area contributed by atoms with Crippen LogP contribution in [0.4, 0.5) is 5.69 Å². The van der Waals surface area contributed by atoms with Gasteiger partial charge in [-0.05, 0) is 50.8 Å². The molecule has 0 amide bonds. The molecule has 20 heavy (non-hydrogen) atoms. The van der Waals surface area contributed by atoms with E-state index in [2.05, 4.69) is 46.0 Å². The molecule has 0 aromatic heterocycles. The van der Waals surface area contributed by atoms with Crippen LogP contribution in [0.1, 0.15) is 32.3 Å². The summed E-state index contributed by atoms with van der Waals surface area (Å²) < 4.78 is 6.89. The molecule has 1 fully saturated rings. The van der Waals surface area contributed by atoms with E-state index >= 15 is 0 Å². The fourth-order valence-corrected chi connectivity index (χ4v) is 3.23. The van der Waals surface area contributed by atoms with Gasteiger partial charge in [-0.2, -0.15) is 0 Å². The maximum absolute atomic E-state index is 5.88. The van der Waals surface area contributed by atoms with Gasteiger partial charge in [0.05, 0.1) is 6.10 Å². The Labute approximate surface area is 130 Å². The van der Waals surface area contributed by atoms with Gasteiger partial charge >= 0.3 is 0 Å². The quantitative estimate of drug-likeness (QED) is 0.862. The number of benzene rings is 1. The predicted octanol–water partition coefficient (Wildman–Crippen LogP) is 3.34. The monoisotopic (exact) mass is 340 g/mol. The lowest BCUT2D eigenvalue weighted by Gasteiger charge is -2.26. The van der Waals surface area contributed by atoms with Gasteiger partial charge in [-0.25, -0.2) is 0 Å². The van der Waals surface area contributed by atoms with Gasteiger partial charge in [0.25, 0.3) is 0 Å². The lowest BCUT2D eigenvalue weighted by molar-refractivity contribution is 0.115. The number of hydrogen-bond donors (Lipinski definition) is 1. The van der Waals surface area contributed by atoms with Crippen LogP contribution < -0.4 is 10.6 Å². The fraction of sp³-hybridized carbons (Fsp3) is 0.625. The Morgan fingerprint density at radius 3 is 2.85 bits per heavy atom. The van der Waals surface area contributed by atoms with Crippen LogP contribution in [0.15, 0.2) is 22.7 Å². The molecule has 112 valence electrons. The van der Waals surface area contributed by atoms with Crippen LogP contribution in [0, 0.1) is 0 Å². The average Bonchev–Trinajstić information content (AvgIpc) is 2.91. The summed E-state index contributed by atoms with van der Waals surface area (Å²) in [4.78, 5) is 2.39. The predicted molar refractivity (Wildman–Crippen MR) is 88.4 cm³/mol. The van der Waals surface area contributed by atoms with Gasteiger partial charge < -0.3 is 15.4 Å². The summed E-state index contributed by atoms with van der Waals surface area (Å²) in [5.74, 6) is 0. The molecule has 0 bridgehead atoms. The van der Waals surface area contributed by atoms with E-state index in [4.69, 9.17) is 10.5 Å². The Hall–Kier alpha value is -0.580. The second-order valence-electron chi connectivity index (χ2n) is 5.63. The third-order valence-corrected chi connectivity index (χ3v) is 4.51. The number of halogens is 1. The molecule has 1 aliphatic rings. The van der Waals surface area contributed by atoms with Crippen molar-refractivity contribution in [3.8, 4) is 0 Å². The highest BCUT2D eigenvalue weighted by Crippen LogP contribution is 2.26. The van der Waals surface area contributed by atoms with E-state index < -0.39 is 0 Å². The van der Waals surface area contributed by atoms with E-state index in [1.165, 1.54) is 24.1 Å². The molecule has 4 heteroatoms. The summed E-state index contributed by atoms with van der Waals surface area (Å²) in [5.41, 5.74) is 8.41. The molecule has 2 unspecified atom stereocenters. The Kier molecular flexibility index (Phi) is 5.87. The van der Waals surface area contributed by atoms with Crippen LogP contribution in [0.2, 0.25) is 0 Å². The zero-order chi connectivity index (χ0) is 14.5. The number of nitrogens with zero attached hydrogens (tertiary/aromatic N) is 1. The number of nitrogens with two attached hydrogens (primary N) is 1. The summed E-state index contributed by atoms with van der Waals surface area (Å²) in [5, 5.41) is 0. The van der Waals surface area contributed by atoms with Crippen LogP contribution in [0.3, 0.4) is 0 Å². The first-order valence-electron chi connectivity index (χ1n) is 7.50. The van der Waals surface area contributed by atoms with E-state index in [0.29, 0.717) is 6.10 Å². The molecule has 0 saturated carbocycles. The third-order valence-electron chi connectivity index (χ3n) is 3.77. The van der Waals surface area contributed by atoms with Crippen molar-refractivity contribution in [2.75, 3.05) is 24.6 Å². The second kappa shape index (κ2) is 7.43. The first kappa shape index (κ1) is 15.8. The van der Waals surface area contributed by atoms with Crippen LogP contribution in [-0.2, 0) is 11.2 Å². The molecule has 1 aromatic carbocycles. The Balaban J connectivity index is 2.07. The summed E-state index contributed by atoms with van der Waals surface area (Å²) in [6.45, 7) is 7.13. The zero-order valence-corrected chi connectivity index (χ0v) is 14.0. The van der Waals surface area contributed by atoms with Crippen molar-refractivity contribution in [1.29, 1.82) is 0 Å². The van der Waals surface area contributed by atoms with Crippen LogP contribution in [0.25, 0.3) is 0 Å². The highest BCUT2D eigenvalue weighted by atomic mass is 79.9. The summed E-state index contributed by atoms with van der Waals surface area (Å²) in [7, 11) is 0. The number of ether oxygens (including phenoxy) is 1. The van der Waals surface area contributed by atoms with Crippen LogP contribution >= 0.6 is 15.9 Å². The summed E-state index contributed by atoms with van der Waals surface area (Å²) >= 11 is 3.67. The van der Waals surface area contributed by atoms with Crippen LogP contribution in [-0.4, -0.2) is 31.8 Å². The molecule has 2 rings (SSSR count). The van der Waals surface area contributed by atoms with Gasteiger partial charge in [0.15, 0.2) is 0 Å². The smallest absolute Gasteiger partial charge is 0.0750 e. The van der Waals surface area contributed by atoms with Gasteiger partial charge in [-0.15, -0.1) is 0 Å². The molecular formula is C16H25BrN2O. The number of rotatable bonds is 6. The van der Waals surface area contributed by atoms with E-state index in [-0.39, 0.29) is 6.04 Å². The molecule has 3 nitrogen and oxygen atoms in total. The highest BCUT2D eigenvalue weighted by molar-refractivity contribution is 9.10. The second-order valence-corrected chi connectivity index (χ2v) is 6.49. The normalized spacial score (nSPS) is 20.1. The Morgan fingerprint density at radius 2 is 2.30 bits per heavy atom. The maximum Gasteiger partial charge on any atom is 0.0750 e. The van der Waals surface area contributed by atoms with Crippen molar-refractivity contribution in [3.63, 3.8) is 0 Å². The third kappa shape index (κ3) is 4.21. The zero-order valence-electron chi connectivity index (χ0n) is 12.4. The van der Waals surface area contributed by atoms with Crippen molar-refractivity contribution in [2.45, 2.75) is 45.3 Å². The Bertz CT molecular complexity index is 430. The summed E-state index contributed by atoms with van der Waals surface area (Å²) in [6.07, 6.45) is 3.66. The van der Waals surface area contributed by atoms with E-state index in [1.54, 1.807) is 0 Å². The number of anilines is 1. The minimum Gasteiger partial charge on any atom is -0.376 e. The largest absolute Gasteiger partial charge is 0.376 e. The minimum atomic E-state index is 0.186. The molecule has 0 spiro atoms. The van der Waals surface area contributed by atoms with Gasteiger partial charge in [-0.3, -0.25) is 0 Å². The lowest BCUT2D eigenvalue weighted by atomic mass is 10.1. The molecule has 2 atom stereocenters. The summed E-state index contributed by atoms with van der Waals surface area (Å²) in [6, 6.07) is 6.77. The fourth-order valence-electron chi connectivity index (χ4n) is 2.70. The molecule has 1 aliphatic heterocycles. The molecule has 1 aromatic rings. The molecule has 1 saturated heterocycles.